The molecule has 1 amide bonds. The Hall–Kier alpha value is -4.23. The van der Waals surface area contributed by atoms with Crippen LogP contribution < -0.4 is 14.4 Å². The molecule has 0 bridgehead atoms. The van der Waals surface area contributed by atoms with Gasteiger partial charge < -0.3 is 19.0 Å². The Labute approximate surface area is 212 Å². The summed E-state index contributed by atoms with van der Waals surface area (Å²) in [5.74, 6) is -1.10. The fourth-order valence-corrected chi connectivity index (χ4v) is 4.75. The maximum Gasteiger partial charge on any atom is 0.294 e. The highest BCUT2D eigenvalue weighted by Crippen LogP contribution is 2.44. The molecule has 182 valence electrons. The van der Waals surface area contributed by atoms with E-state index < -0.39 is 23.5 Å². The maximum absolute atomic E-state index is 13.9. The van der Waals surface area contributed by atoms with Crippen LogP contribution in [0, 0.1) is 6.92 Å². The smallest absolute Gasteiger partial charge is 0.294 e. The highest BCUT2D eigenvalue weighted by Gasteiger charge is 2.46. The van der Waals surface area contributed by atoms with Gasteiger partial charge in [0.15, 0.2) is 22.9 Å². The molecule has 7 nitrogen and oxygen atoms in total. The summed E-state index contributed by atoms with van der Waals surface area (Å²) in [4.78, 5) is 28.7. The van der Waals surface area contributed by atoms with Crippen LogP contribution in [-0.2, 0) is 4.79 Å². The second kappa shape index (κ2) is 9.09. The summed E-state index contributed by atoms with van der Waals surface area (Å²) in [6, 6.07) is 18.2. The van der Waals surface area contributed by atoms with Crippen molar-refractivity contribution in [1.82, 2.24) is 0 Å². The second-order valence-electron chi connectivity index (χ2n) is 8.36. The van der Waals surface area contributed by atoms with Crippen LogP contribution in [0.15, 0.2) is 82.5 Å². The molecule has 0 aliphatic carbocycles. The van der Waals surface area contributed by atoms with E-state index in [0.29, 0.717) is 38.7 Å². The maximum atomic E-state index is 13.9. The van der Waals surface area contributed by atoms with Crippen molar-refractivity contribution in [3.8, 4) is 11.5 Å². The van der Waals surface area contributed by atoms with E-state index in [-0.39, 0.29) is 11.3 Å². The Kier molecular flexibility index (Phi) is 5.94. The van der Waals surface area contributed by atoms with Crippen molar-refractivity contribution < 1.29 is 28.6 Å². The largest absolute Gasteiger partial charge is 0.503 e. The second-order valence-corrected chi connectivity index (χ2v) is 8.80. The van der Waals surface area contributed by atoms with Crippen molar-refractivity contribution in [2.45, 2.75) is 13.0 Å². The first-order chi connectivity index (χ1) is 17.3. The molecule has 1 aromatic heterocycles. The van der Waals surface area contributed by atoms with Crippen molar-refractivity contribution in [2.24, 2.45) is 0 Å². The SMILES string of the molecule is COc1cccc(N2C(=O)C(O)=C(C(=O)c3cc4cc(Cl)cc(OC)c4o3)C2c2ccccc2C)c1. The van der Waals surface area contributed by atoms with Crippen LogP contribution in [0.1, 0.15) is 27.7 Å². The number of rotatable bonds is 6. The average Bonchev–Trinajstić information content (AvgIpc) is 3.42. The molecule has 2 heterocycles. The number of ether oxygens (including phenoxy) is 2. The zero-order valence-corrected chi connectivity index (χ0v) is 20.5. The van der Waals surface area contributed by atoms with E-state index in [1.807, 2.05) is 31.2 Å². The molecule has 1 aliphatic rings. The van der Waals surface area contributed by atoms with E-state index >= 15 is 0 Å². The van der Waals surface area contributed by atoms with Gasteiger partial charge >= 0.3 is 0 Å². The van der Waals surface area contributed by atoms with Gasteiger partial charge in [0, 0.05) is 28.2 Å². The Morgan fingerprint density at radius 3 is 2.53 bits per heavy atom. The van der Waals surface area contributed by atoms with Crippen LogP contribution >= 0.6 is 11.6 Å². The molecule has 1 unspecified atom stereocenters. The molecule has 8 heteroatoms. The zero-order chi connectivity index (χ0) is 25.6. The molecule has 0 saturated heterocycles. The van der Waals surface area contributed by atoms with Gasteiger partial charge in [0.25, 0.3) is 5.91 Å². The van der Waals surface area contributed by atoms with Crippen LogP contribution in [0.2, 0.25) is 5.02 Å². The first kappa shape index (κ1) is 23.5. The number of aliphatic hydroxyl groups is 1. The summed E-state index contributed by atoms with van der Waals surface area (Å²) in [6.45, 7) is 1.88. The van der Waals surface area contributed by atoms with Gasteiger partial charge in [-0.3, -0.25) is 14.5 Å². The molecule has 36 heavy (non-hydrogen) atoms. The highest BCUT2D eigenvalue weighted by molar-refractivity contribution is 6.31. The lowest BCUT2D eigenvalue weighted by Crippen LogP contribution is -2.31. The number of methoxy groups -OCH3 is 2. The normalized spacial score (nSPS) is 15.6. The van der Waals surface area contributed by atoms with Crippen molar-refractivity contribution in [3.05, 3.63) is 100.0 Å². The van der Waals surface area contributed by atoms with Crippen molar-refractivity contribution in [3.63, 3.8) is 0 Å². The molecule has 5 rings (SSSR count). The number of anilines is 1. The Bertz CT molecular complexity index is 1550. The van der Waals surface area contributed by atoms with Gasteiger partial charge in [0.05, 0.1) is 25.8 Å². The van der Waals surface area contributed by atoms with E-state index in [0.717, 1.165) is 5.56 Å². The van der Waals surface area contributed by atoms with E-state index in [2.05, 4.69) is 0 Å². The summed E-state index contributed by atoms with van der Waals surface area (Å²) in [6.07, 6.45) is 0. The van der Waals surface area contributed by atoms with E-state index in [1.54, 1.807) is 36.4 Å². The fourth-order valence-electron chi connectivity index (χ4n) is 4.53. The predicted molar refractivity (Wildman–Crippen MR) is 136 cm³/mol. The lowest BCUT2D eigenvalue weighted by Gasteiger charge is -2.28. The van der Waals surface area contributed by atoms with Gasteiger partial charge in [0.2, 0.25) is 5.78 Å². The number of amides is 1. The van der Waals surface area contributed by atoms with Crippen LogP contribution in [-0.4, -0.2) is 31.0 Å². The number of ketones is 1. The molecule has 1 N–H and O–H groups in total. The van der Waals surface area contributed by atoms with Crippen LogP contribution in [0.4, 0.5) is 5.69 Å². The summed E-state index contributed by atoms with van der Waals surface area (Å²) < 4.78 is 16.5. The van der Waals surface area contributed by atoms with Gasteiger partial charge in [-0.25, -0.2) is 0 Å². The Morgan fingerprint density at radius 1 is 1.03 bits per heavy atom. The monoisotopic (exact) mass is 503 g/mol. The molecule has 0 fully saturated rings. The first-order valence-corrected chi connectivity index (χ1v) is 11.5. The lowest BCUT2D eigenvalue weighted by atomic mass is 9.92. The van der Waals surface area contributed by atoms with Crippen molar-refractivity contribution >= 4 is 39.9 Å². The predicted octanol–water partition coefficient (Wildman–Crippen LogP) is 6.19. The molecule has 1 atom stereocenters. The van der Waals surface area contributed by atoms with E-state index in [4.69, 9.17) is 25.5 Å². The van der Waals surface area contributed by atoms with E-state index in [1.165, 1.54) is 25.2 Å². The molecule has 4 aromatic rings. The lowest BCUT2D eigenvalue weighted by molar-refractivity contribution is -0.117. The van der Waals surface area contributed by atoms with Gasteiger partial charge in [0.1, 0.15) is 5.75 Å². The number of furan rings is 1. The topological polar surface area (TPSA) is 89.2 Å². The molecule has 0 saturated carbocycles. The number of fused-ring (bicyclic) bond motifs is 1. The number of hydrogen-bond donors (Lipinski definition) is 1. The van der Waals surface area contributed by atoms with Crippen LogP contribution in [0.25, 0.3) is 11.0 Å². The summed E-state index contributed by atoms with van der Waals surface area (Å²) in [7, 11) is 3.00. The number of carbonyl (C=O) groups excluding carboxylic acids is 2. The molecular formula is C28H22ClNO6. The third-order valence-electron chi connectivity index (χ3n) is 6.26. The van der Waals surface area contributed by atoms with Gasteiger partial charge in [-0.2, -0.15) is 0 Å². The Morgan fingerprint density at radius 2 is 1.81 bits per heavy atom. The summed E-state index contributed by atoms with van der Waals surface area (Å²) in [5, 5.41) is 12.0. The highest BCUT2D eigenvalue weighted by atomic mass is 35.5. The summed E-state index contributed by atoms with van der Waals surface area (Å²) >= 11 is 6.18. The van der Waals surface area contributed by atoms with Crippen molar-refractivity contribution in [2.75, 3.05) is 19.1 Å². The minimum atomic E-state index is -0.892. The summed E-state index contributed by atoms with van der Waals surface area (Å²) in [5.41, 5.74) is 2.27. The minimum absolute atomic E-state index is 0.0500. The van der Waals surface area contributed by atoms with Crippen molar-refractivity contribution in [1.29, 1.82) is 0 Å². The molecular weight excluding hydrogens is 482 g/mol. The van der Waals surface area contributed by atoms with Gasteiger partial charge in [-0.05, 0) is 42.3 Å². The molecule has 0 spiro atoms. The third kappa shape index (κ3) is 3.78. The van der Waals surface area contributed by atoms with Crippen LogP contribution in [0.3, 0.4) is 0 Å². The zero-order valence-electron chi connectivity index (χ0n) is 19.7. The van der Waals surface area contributed by atoms with Gasteiger partial charge in [-0.15, -0.1) is 0 Å². The standard InChI is InChI=1S/C28H22ClNO6/c1-15-7-4-5-10-20(15)24-23(26(32)28(33)30(24)18-8-6-9-19(14-18)34-2)25(31)21-12-16-11-17(29)13-22(35-3)27(16)36-21/h4-14,24,32H,1-3H3. The number of benzene rings is 3. The number of Topliss-reactive ketones (excluding diaryl/α,β-unsaturated/α-hetero) is 1. The number of aliphatic hydroxyl groups excluding tert-OH is 1. The molecule has 3 aromatic carbocycles. The Balaban J connectivity index is 1.68. The van der Waals surface area contributed by atoms with Crippen LogP contribution in [0.5, 0.6) is 11.5 Å². The first-order valence-electron chi connectivity index (χ1n) is 11.1. The number of aryl methyl sites for hydroxylation is 1. The quantitative estimate of drug-likeness (QED) is 0.315. The third-order valence-corrected chi connectivity index (χ3v) is 6.48. The number of nitrogens with zero attached hydrogens (tertiary/aromatic N) is 1. The van der Waals surface area contributed by atoms with Gasteiger partial charge in [-0.1, -0.05) is 41.9 Å². The number of hydrogen-bond acceptors (Lipinski definition) is 6. The fraction of sp³-hybridized carbons (Fsp3) is 0.143. The molecule has 1 aliphatic heterocycles. The number of halogens is 1. The number of carbonyl (C=O) groups is 2. The molecule has 0 radical (unpaired) electrons. The minimum Gasteiger partial charge on any atom is -0.503 e. The van der Waals surface area contributed by atoms with E-state index in [9.17, 15) is 14.7 Å². The average molecular weight is 504 g/mol.